The quantitative estimate of drug-likeness (QED) is 0.189. The molecular formula is C31H34F3N5O5S. The fourth-order valence-electron chi connectivity index (χ4n) is 4.71. The first-order chi connectivity index (χ1) is 21.4. The molecule has 5 amide bonds. The molecule has 3 aromatic carbocycles. The number of aryl methyl sites for hydroxylation is 1. The van der Waals surface area contributed by atoms with Gasteiger partial charge in [-0.1, -0.05) is 31.5 Å². The predicted molar refractivity (Wildman–Crippen MR) is 168 cm³/mol. The second-order valence-electron chi connectivity index (χ2n) is 10.2. The number of benzene rings is 3. The van der Waals surface area contributed by atoms with Crippen molar-refractivity contribution >= 4 is 46.8 Å². The summed E-state index contributed by atoms with van der Waals surface area (Å²) in [5.74, 6) is 0.375. The van der Waals surface area contributed by atoms with Crippen LogP contribution in [-0.2, 0) is 17.6 Å². The summed E-state index contributed by atoms with van der Waals surface area (Å²) in [5.41, 5.74) is 2.83. The van der Waals surface area contributed by atoms with Gasteiger partial charge in [0.2, 0.25) is 5.91 Å². The van der Waals surface area contributed by atoms with Crippen LogP contribution in [0.2, 0.25) is 0 Å². The molecule has 0 radical (unpaired) electrons. The first kappa shape index (κ1) is 33.3. The van der Waals surface area contributed by atoms with Gasteiger partial charge in [-0.05, 0) is 73.4 Å². The molecule has 1 aliphatic heterocycles. The Morgan fingerprint density at radius 3 is 2.20 bits per heavy atom. The Kier molecular flexibility index (Phi) is 11.0. The van der Waals surface area contributed by atoms with Crippen LogP contribution in [0.25, 0.3) is 0 Å². The number of ether oxygens (including phenoxy) is 2. The van der Waals surface area contributed by atoms with Gasteiger partial charge < -0.3 is 30.7 Å². The SMILES string of the molecule is CCCc1ccc(OC)cc1N1C(=O)CSC1NC(=O)NC(C)Cc1ccc(NC(=O)Nc2ccc(OC(F)(F)F)cc2)cc1. The van der Waals surface area contributed by atoms with E-state index in [2.05, 4.69) is 32.9 Å². The van der Waals surface area contributed by atoms with Gasteiger partial charge in [0.1, 0.15) is 11.5 Å². The van der Waals surface area contributed by atoms with E-state index in [4.69, 9.17) is 4.74 Å². The summed E-state index contributed by atoms with van der Waals surface area (Å²) >= 11 is 1.34. The third kappa shape index (κ3) is 9.70. The maximum atomic E-state index is 12.9. The molecule has 4 N–H and O–H groups in total. The lowest BCUT2D eigenvalue weighted by atomic mass is 10.1. The van der Waals surface area contributed by atoms with Crippen LogP contribution in [-0.4, -0.2) is 48.7 Å². The number of urea groups is 2. The average molecular weight is 646 g/mol. The van der Waals surface area contributed by atoms with Crippen LogP contribution >= 0.6 is 11.8 Å². The van der Waals surface area contributed by atoms with Crippen molar-refractivity contribution in [3.63, 3.8) is 0 Å². The van der Waals surface area contributed by atoms with E-state index in [1.54, 1.807) is 36.3 Å². The van der Waals surface area contributed by atoms with Crippen LogP contribution < -0.4 is 35.6 Å². The third-order valence-electron chi connectivity index (χ3n) is 6.67. The molecule has 0 aliphatic carbocycles. The van der Waals surface area contributed by atoms with Crippen molar-refractivity contribution in [2.24, 2.45) is 0 Å². The van der Waals surface area contributed by atoms with E-state index in [9.17, 15) is 27.6 Å². The number of alkyl halides is 3. The highest BCUT2D eigenvalue weighted by atomic mass is 32.2. The molecule has 1 aliphatic rings. The van der Waals surface area contributed by atoms with Gasteiger partial charge in [0.05, 0.1) is 18.6 Å². The highest BCUT2D eigenvalue weighted by molar-refractivity contribution is 8.01. The molecule has 1 heterocycles. The molecule has 10 nitrogen and oxygen atoms in total. The number of hydrogen-bond donors (Lipinski definition) is 4. The molecule has 1 saturated heterocycles. The zero-order chi connectivity index (χ0) is 32.6. The van der Waals surface area contributed by atoms with Crippen molar-refractivity contribution in [1.82, 2.24) is 10.6 Å². The Labute approximate surface area is 263 Å². The molecule has 0 aromatic heterocycles. The van der Waals surface area contributed by atoms with Gasteiger partial charge in [-0.15, -0.1) is 24.9 Å². The van der Waals surface area contributed by atoms with E-state index in [0.717, 1.165) is 41.8 Å². The lowest BCUT2D eigenvalue weighted by Gasteiger charge is -2.28. The van der Waals surface area contributed by atoms with Crippen LogP contribution in [0.4, 0.5) is 39.8 Å². The number of carbonyl (C=O) groups excluding carboxylic acids is 3. The normalized spacial score (nSPS) is 15.3. The molecule has 2 unspecified atom stereocenters. The molecule has 45 heavy (non-hydrogen) atoms. The monoisotopic (exact) mass is 645 g/mol. The van der Waals surface area contributed by atoms with Crippen molar-refractivity contribution in [2.45, 2.75) is 51.0 Å². The van der Waals surface area contributed by atoms with Gasteiger partial charge in [0.15, 0.2) is 5.50 Å². The first-order valence-corrected chi connectivity index (χ1v) is 15.2. The number of carbonyl (C=O) groups is 3. The van der Waals surface area contributed by atoms with E-state index in [-0.39, 0.29) is 23.4 Å². The number of amides is 5. The maximum absolute atomic E-state index is 12.9. The van der Waals surface area contributed by atoms with Crippen molar-refractivity contribution in [1.29, 1.82) is 0 Å². The Morgan fingerprint density at radius 2 is 1.60 bits per heavy atom. The van der Waals surface area contributed by atoms with Crippen molar-refractivity contribution in [3.8, 4) is 11.5 Å². The Balaban J connectivity index is 1.27. The van der Waals surface area contributed by atoms with Crippen molar-refractivity contribution < 1.29 is 37.0 Å². The molecule has 4 rings (SSSR count). The zero-order valence-electron chi connectivity index (χ0n) is 24.9. The smallest absolute Gasteiger partial charge is 0.497 e. The number of nitrogens with zero attached hydrogens (tertiary/aromatic N) is 1. The van der Waals surface area contributed by atoms with Crippen molar-refractivity contribution in [3.05, 3.63) is 77.9 Å². The minimum Gasteiger partial charge on any atom is -0.497 e. The number of anilines is 3. The van der Waals surface area contributed by atoms with E-state index >= 15 is 0 Å². The van der Waals surface area contributed by atoms with Crippen molar-refractivity contribution in [2.75, 3.05) is 28.4 Å². The van der Waals surface area contributed by atoms with Gasteiger partial charge in [0.25, 0.3) is 0 Å². The number of nitrogens with one attached hydrogen (secondary N) is 4. The number of hydrogen-bond acceptors (Lipinski definition) is 6. The predicted octanol–water partition coefficient (Wildman–Crippen LogP) is 6.48. The molecule has 2 atom stereocenters. The standard InChI is InChI=1S/C31H34F3N5O5S/c1-4-5-21-8-13-25(43-3)17-26(21)39-27(40)18-45-30(39)38-28(41)35-19(2)16-20-6-9-22(10-7-20)36-29(42)37-23-11-14-24(15-12-23)44-31(32,33)34/h6-15,17,19,30H,4-5,16,18H2,1-3H3,(H2,35,38,41)(H2,36,37,42). The fourth-order valence-corrected chi connectivity index (χ4v) is 5.72. The van der Waals surface area contributed by atoms with E-state index in [1.807, 2.05) is 25.1 Å². The minimum atomic E-state index is -4.80. The summed E-state index contributed by atoms with van der Waals surface area (Å²) in [4.78, 5) is 39.7. The summed E-state index contributed by atoms with van der Waals surface area (Å²) in [7, 11) is 1.57. The Hall–Kier alpha value is -4.59. The maximum Gasteiger partial charge on any atom is 0.573 e. The van der Waals surface area contributed by atoms with E-state index < -0.39 is 29.7 Å². The molecule has 0 bridgehead atoms. The zero-order valence-corrected chi connectivity index (χ0v) is 25.7. The average Bonchev–Trinajstić information content (AvgIpc) is 3.33. The van der Waals surface area contributed by atoms with Crippen LogP contribution in [0.15, 0.2) is 66.7 Å². The summed E-state index contributed by atoms with van der Waals surface area (Å²) in [6.07, 6.45) is -2.62. The number of rotatable bonds is 11. The second-order valence-corrected chi connectivity index (χ2v) is 11.3. The van der Waals surface area contributed by atoms with Gasteiger partial charge in [-0.25, -0.2) is 9.59 Å². The summed E-state index contributed by atoms with van der Waals surface area (Å²) in [6, 6.07) is 16.2. The lowest BCUT2D eigenvalue weighted by molar-refractivity contribution is -0.274. The second kappa shape index (κ2) is 14.9. The van der Waals surface area contributed by atoms with Crippen LogP contribution in [0.5, 0.6) is 11.5 Å². The van der Waals surface area contributed by atoms with Crippen LogP contribution in [0, 0.1) is 0 Å². The highest BCUT2D eigenvalue weighted by Crippen LogP contribution is 2.35. The molecule has 240 valence electrons. The fraction of sp³-hybridized carbons (Fsp3) is 0.323. The van der Waals surface area contributed by atoms with Gasteiger partial charge in [-0.3, -0.25) is 9.69 Å². The number of thioether (sulfide) groups is 1. The summed E-state index contributed by atoms with van der Waals surface area (Å²) in [5, 5.41) is 11.0. The molecule has 1 fully saturated rings. The van der Waals surface area contributed by atoms with E-state index in [1.165, 1.54) is 23.9 Å². The first-order valence-electron chi connectivity index (χ1n) is 14.1. The Bertz CT molecular complexity index is 1490. The van der Waals surface area contributed by atoms with E-state index in [0.29, 0.717) is 17.9 Å². The highest BCUT2D eigenvalue weighted by Gasteiger charge is 2.35. The Morgan fingerprint density at radius 1 is 0.978 bits per heavy atom. The molecule has 3 aromatic rings. The largest absolute Gasteiger partial charge is 0.573 e. The molecule has 14 heteroatoms. The minimum absolute atomic E-state index is 0.0974. The van der Waals surface area contributed by atoms with Gasteiger partial charge >= 0.3 is 18.4 Å². The number of halogens is 3. The van der Waals surface area contributed by atoms with Gasteiger partial charge in [0, 0.05) is 23.5 Å². The lowest BCUT2D eigenvalue weighted by Crippen LogP contribution is -2.50. The van der Waals surface area contributed by atoms with Crippen LogP contribution in [0.1, 0.15) is 31.4 Å². The van der Waals surface area contributed by atoms with Gasteiger partial charge in [-0.2, -0.15) is 0 Å². The number of methoxy groups -OCH3 is 1. The summed E-state index contributed by atoms with van der Waals surface area (Å²) in [6.45, 7) is 3.92. The molecule has 0 spiro atoms. The third-order valence-corrected chi connectivity index (χ3v) is 7.73. The molecule has 0 saturated carbocycles. The van der Waals surface area contributed by atoms with Crippen LogP contribution in [0.3, 0.4) is 0 Å². The molecular weight excluding hydrogens is 611 g/mol. The summed E-state index contributed by atoms with van der Waals surface area (Å²) < 4.78 is 46.1. The topological polar surface area (TPSA) is 121 Å².